The predicted octanol–water partition coefficient (Wildman–Crippen LogP) is 2.44. The topological polar surface area (TPSA) is 21.7 Å². The number of hydrogen-bond acceptors (Lipinski definition) is 3. The van der Waals surface area contributed by atoms with Crippen LogP contribution in [0.1, 0.15) is 46.5 Å². The van der Waals surface area contributed by atoms with Crippen molar-refractivity contribution in [3.8, 4) is 0 Å². The monoisotopic (exact) mass is 241 g/mol. The van der Waals surface area contributed by atoms with Crippen LogP contribution in [0.15, 0.2) is 0 Å². The van der Waals surface area contributed by atoms with Gasteiger partial charge in [0, 0.05) is 13.1 Å². The smallest absolute Gasteiger partial charge is 0.0628 e. The maximum Gasteiger partial charge on any atom is 0.0628 e. The van der Waals surface area contributed by atoms with Crippen molar-refractivity contribution in [3.63, 3.8) is 0 Å². The Morgan fingerprint density at radius 1 is 1.06 bits per heavy atom. The zero-order valence-corrected chi connectivity index (χ0v) is 11.5. The van der Waals surface area contributed by atoms with Crippen molar-refractivity contribution in [2.45, 2.75) is 70.9 Å². The fraction of sp³-hybridized carbons (Fsp3) is 1.00. The van der Waals surface area contributed by atoms with E-state index >= 15 is 0 Å². The average molecular weight is 241 g/mol. The molecule has 1 aliphatic carbocycles. The van der Waals surface area contributed by atoms with Gasteiger partial charge >= 0.3 is 0 Å². The van der Waals surface area contributed by atoms with E-state index in [0.29, 0.717) is 24.4 Å². The summed E-state index contributed by atoms with van der Waals surface area (Å²) in [6.45, 7) is 10.0. The summed E-state index contributed by atoms with van der Waals surface area (Å²) < 4.78 is 11.9. The summed E-state index contributed by atoms with van der Waals surface area (Å²) in [4.78, 5) is 2.51. The standard InChI is InChI=1S/C14H27NO2/c1-4-15-7-5-12(6-8-15)17-14-9-13(10-14)16-11(2)3/h11-14H,4-10H2,1-3H3. The van der Waals surface area contributed by atoms with Crippen molar-refractivity contribution in [2.24, 2.45) is 0 Å². The molecule has 0 N–H and O–H groups in total. The van der Waals surface area contributed by atoms with E-state index < -0.39 is 0 Å². The highest BCUT2D eigenvalue weighted by atomic mass is 16.5. The van der Waals surface area contributed by atoms with Gasteiger partial charge in [-0.15, -0.1) is 0 Å². The minimum absolute atomic E-state index is 0.355. The molecule has 100 valence electrons. The summed E-state index contributed by atoms with van der Waals surface area (Å²) in [5.74, 6) is 0. The van der Waals surface area contributed by atoms with Gasteiger partial charge in [-0.2, -0.15) is 0 Å². The first kappa shape index (κ1) is 13.3. The fourth-order valence-electron chi connectivity index (χ4n) is 2.76. The highest BCUT2D eigenvalue weighted by Gasteiger charge is 2.33. The minimum atomic E-state index is 0.355. The highest BCUT2D eigenvalue weighted by Crippen LogP contribution is 2.30. The molecule has 1 saturated carbocycles. The summed E-state index contributed by atoms with van der Waals surface area (Å²) in [6.07, 6.45) is 6.41. The molecule has 1 heterocycles. The Morgan fingerprint density at radius 2 is 1.71 bits per heavy atom. The molecule has 1 aliphatic heterocycles. The van der Waals surface area contributed by atoms with Crippen LogP contribution in [0, 0.1) is 0 Å². The maximum atomic E-state index is 6.13. The number of ether oxygens (including phenoxy) is 2. The van der Waals surface area contributed by atoms with Crippen molar-refractivity contribution in [1.82, 2.24) is 4.90 Å². The van der Waals surface area contributed by atoms with Crippen LogP contribution >= 0.6 is 0 Å². The first-order valence-corrected chi connectivity index (χ1v) is 7.20. The quantitative estimate of drug-likeness (QED) is 0.738. The van der Waals surface area contributed by atoms with Crippen LogP contribution in [0.4, 0.5) is 0 Å². The van der Waals surface area contributed by atoms with E-state index in [0.717, 1.165) is 12.8 Å². The molecule has 2 fully saturated rings. The number of piperidine rings is 1. The van der Waals surface area contributed by atoms with Crippen LogP contribution in [0.3, 0.4) is 0 Å². The van der Waals surface area contributed by atoms with E-state index in [2.05, 4.69) is 25.7 Å². The second kappa shape index (κ2) is 6.17. The van der Waals surface area contributed by atoms with E-state index in [-0.39, 0.29) is 0 Å². The summed E-state index contributed by atoms with van der Waals surface area (Å²) >= 11 is 0. The van der Waals surface area contributed by atoms with Crippen LogP contribution < -0.4 is 0 Å². The van der Waals surface area contributed by atoms with Gasteiger partial charge in [0.1, 0.15) is 0 Å². The van der Waals surface area contributed by atoms with Gasteiger partial charge in [-0.3, -0.25) is 0 Å². The summed E-state index contributed by atoms with van der Waals surface area (Å²) in [5, 5.41) is 0. The average Bonchev–Trinajstić information content (AvgIpc) is 2.26. The van der Waals surface area contributed by atoms with Crippen LogP contribution in [-0.2, 0) is 9.47 Å². The Kier molecular flexibility index (Phi) is 4.83. The first-order valence-electron chi connectivity index (χ1n) is 7.20. The molecule has 2 rings (SSSR count). The number of likely N-dealkylation sites (tertiary alicyclic amines) is 1. The van der Waals surface area contributed by atoms with Crippen LogP contribution in [-0.4, -0.2) is 49.0 Å². The molecule has 0 aromatic heterocycles. The highest BCUT2D eigenvalue weighted by molar-refractivity contribution is 4.84. The van der Waals surface area contributed by atoms with Gasteiger partial charge in [-0.05, 0) is 46.1 Å². The Balaban J connectivity index is 1.58. The van der Waals surface area contributed by atoms with Crippen molar-refractivity contribution in [1.29, 1.82) is 0 Å². The molecule has 17 heavy (non-hydrogen) atoms. The molecule has 0 radical (unpaired) electrons. The molecule has 3 nitrogen and oxygen atoms in total. The zero-order chi connectivity index (χ0) is 12.3. The summed E-state index contributed by atoms with van der Waals surface area (Å²) in [6, 6.07) is 0. The molecular weight excluding hydrogens is 214 g/mol. The van der Waals surface area contributed by atoms with E-state index in [4.69, 9.17) is 9.47 Å². The normalized spacial score (nSPS) is 31.8. The molecule has 2 aliphatic rings. The Bertz CT molecular complexity index is 218. The number of nitrogens with zero attached hydrogens (tertiary/aromatic N) is 1. The largest absolute Gasteiger partial charge is 0.375 e. The Morgan fingerprint density at radius 3 is 2.24 bits per heavy atom. The first-order chi connectivity index (χ1) is 8.17. The summed E-state index contributed by atoms with van der Waals surface area (Å²) in [7, 11) is 0. The van der Waals surface area contributed by atoms with Crippen molar-refractivity contribution >= 4 is 0 Å². The molecule has 0 unspecified atom stereocenters. The number of rotatable bonds is 5. The van der Waals surface area contributed by atoms with E-state index in [9.17, 15) is 0 Å². The van der Waals surface area contributed by atoms with Crippen LogP contribution in [0.25, 0.3) is 0 Å². The van der Waals surface area contributed by atoms with Crippen LogP contribution in [0.5, 0.6) is 0 Å². The van der Waals surface area contributed by atoms with Gasteiger partial charge in [0.2, 0.25) is 0 Å². The molecule has 0 spiro atoms. The van der Waals surface area contributed by atoms with Gasteiger partial charge < -0.3 is 14.4 Å². The molecule has 3 heteroatoms. The minimum Gasteiger partial charge on any atom is -0.375 e. The molecule has 0 amide bonds. The van der Waals surface area contributed by atoms with Gasteiger partial charge in [0.15, 0.2) is 0 Å². The van der Waals surface area contributed by atoms with Gasteiger partial charge in [-0.1, -0.05) is 6.92 Å². The second-order valence-corrected chi connectivity index (χ2v) is 5.67. The molecule has 0 atom stereocenters. The van der Waals surface area contributed by atoms with Gasteiger partial charge in [0.05, 0.1) is 24.4 Å². The zero-order valence-electron chi connectivity index (χ0n) is 11.5. The SMILES string of the molecule is CCN1CCC(OC2CC(OC(C)C)C2)CC1. The second-order valence-electron chi connectivity index (χ2n) is 5.67. The lowest BCUT2D eigenvalue weighted by Gasteiger charge is -2.40. The lowest BCUT2D eigenvalue weighted by atomic mass is 9.91. The van der Waals surface area contributed by atoms with Crippen LogP contribution in [0.2, 0.25) is 0 Å². The van der Waals surface area contributed by atoms with Crippen molar-refractivity contribution in [2.75, 3.05) is 19.6 Å². The maximum absolute atomic E-state index is 6.13. The third-order valence-corrected chi connectivity index (χ3v) is 3.88. The molecule has 0 bridgehead atoms. The Labute approximate surface area is 105 Å². The third-order valence-electron chi connectivity index (χ3n) is 3.88. The lowest BCUT2D eigenvalue weighted by molar-refractivity contribution is -0.145. The van der Waals surface area contributed by atoms with E-state index in [1.165, 1.54) is 32.5 Å². The van der Waals surface area contributed by atoms with Crippen molar-refractivity contribution in [3.05, 3.63) is 0 Å². The summed E-state index contributed by atoms with van der Waals surface area (Å²) in [5.41, 5.74) is 0. The van der Waals surface area contributed by atoms with E-state index in [1.807, 2.05) is 0 Å². The lowest BCUT2D eigenvalue weighted by Crippen LogP contribution is -2.44. The Hall–Kier alpha value is -0.120. The molecular formula is C14H27NO2. The predicted molar refractivity (Wildman–Crippen MR) is 69.3 cm³/mol. The molecule has 1 saturated heterocycles. The van der Waals surface area contributed by atoms with Gasteiger partial charge in [0.25, 0.3) is 0 Å². The van der Waals surface area contributed by atoms with Crippen molar-refractivity contribution < 1.29 is 9.47 Å². The molecule has 0 aromatic rings. The van der Waals surface area contributed by atoms with Gasteiger partial charge in [-0.25, -0.2) is 0 Å². The third kappa shape index (κ3) is 3.94. The van der Waals surface area contributed by atoms with E-state index in [1.54, 1.807) is 0 Å². The fourth-order valence-corrected chi connectivity index (χ4v) is 2.76. The molecule has 0 aromatic carbocycles. The number of hydrogen-bond donors (Lipinski definition) is 0.